The number of benzene rings is 1. The standard InChI is InChI=1S/C16H21NO3/c1-2-20-16(19)14-9-5-12(6-10-14)11-3-7-13(8-4-11)15(17)18/h3-4,7-8,12,14H,2,5-6,9-10H2,1H3,(H2,17,18). The van der Waals surface area contributed by atoms with Crippen LogP contribution in [0.25, 0.3) is 0 Å². The molecule has 1 aromatic rings. The first-order valence-electron chi connectivity index (χ1n) is 7.18. The van der Waals surface area contributed by atoms with Gasteiger partial charge in [0.2, 0.25) is 5.91 Å². The number of esters is 1. The second kappa shape index (κ2) is 6.55. The largest absolute Gasteiger partial charge is 0.466 e. The smallest absolute Gasteiger partial charge is 0.308 e. The number of rotatable bonds is 4. The molecule has 2 N–H and O–H groups in total. The van der Waals surface area contributed by atoms with Gasteiger partial charge >= 0.3 is 5.97 Å². The molecule has 0 atom stereocenters. The number of ether oxygens (including phenoxy) is 1. The minimum absolute atomic E-state index is 0.0519. The normalized spacial score (nSPS) is 22.2. The van der Waals surface area contributed by atoms with E-state index in [1.807, 2.05) is 19.1 Å². The van der Waals surface area contributed by atoms with Crippen molar-refractivity contribution >= 4 is 11.9 Å². The van der Waals surface area contributed by atoms with E-state index in [1.54, 1.807) is 12.1 Å². The summed E-state index contributed by atoms with van der Waals surface area (Å²) in [7, 11) is 0. The highest BCUT2D eigenvalue weighted by Gasteiger charge is 2.27. The lowest BCUT2D eigenvalue weighted by molar-refractivity contribution is -0.149. The predicted octanol–water partition coefficient (Wildman–Crippen LogP) is 2.62. The van der Waals surface area contributed by atoms with E-state index in [0.717, 1.165) is 25.7 Å². The van der Waals surface area contributed by atoms with Gasteiger partial charge in [0.15, 0.2) is 0 Å². The fourth-order valence-corrected chi connectivity index (χ4v) is 2.84. The van der Waals surface area contributed by atoms with Gasteiger partial charge in [-0.15, -0.1) is 0 Å². The molecule has 1 saturated carbocycles. The molecule has 1 aromatic carbocycles. The Morgan fingerprint density at radius 2 is 1.75 bits per heavy atom. The molecule has 1 fully saturated rings. The molecule has 0 aromatic heterocycles. The summed E-state index contributed by atoms with van der Waals surface area (Å²) in [4.78, 5) is 22.7. The topological polar surface area (TPSA) is 69.4 Å². The molecule has 1 amide bonds. The van der Waals surface area contributed by atoms with Crippen molar-refractivity contribution in [3.8, 4) is 0 Å². The first-order valence-corrected chi connectivity index (χ1v) is 7.18. The van der Waals surface area contributed by atoms with E-state index >= 15 is 0 Å². The Bertz CT molecular complexity index is 473. The third kappa shape index (κ3) is 3.38. The number of carbonyl (C=O) groups excluding carboxylic acids is 2. The van der Waals surface area contributed by atoms with Gasteiger partial charge in [-0.1, -0.05) is 12.1 Å². The number of nitrogens with two attached hydrogens (primary N) is 1. The molecule has 0 radical (unpaired) electrons. The van der Waals surface area contributed by atoms with Crippen LogP contribution in [0.15, 0.2) is 24.3 Å². The molecule has 4 heteroatoms. The maximum atomic E-state index is 11.7. The summed E-state index contributed by atoms with van der Waals surface area (Å²) in [5, 5.41) is 0. The van der Waals surface area contributed by atoms with Crippen molar-refractivity contribution in [2.45, 2.75) is 38.5 Å². The molecule has 0 unspecified atom stereocenters. The van der Waals surface area contributed by atoms with Crippen molar-refractivity contribution < 1.29 is 14.3 Å². The molecule has 0 aliphatic heterocycles. The lowest BCUT2D eigenvalue weighted by atomic mass is 9.78. The average molecular weight is 275 g/mol. The average Bonchev–Trinajstić information content (AvgIpc) is 2.48. The number of hydrogen-bond donors (Lipinski definition) is 1. The van der Waals surface area contributed by atoms with Gasteiger partial charge in [0.05, 0.1) is 12.5 Å². The molecule has 0 heterocycles. The second-order valence-electron chi connectivity index (χ2n) is 5.29. The Morgan fingerprint density at radius 1 is 1.15 bits per heavy atom. The fourth-order valence-electron chi connectivity index (χ4n) is 2.84. The van der Waals surface area contributed by atoms with Gasteiger partial charge in [-0.05, 0) is 56.2 Å². The first-order chi connectivity index (χ1) is 9.61. The Morgan fingerprint density at radius 3 is 2.25 bits per heavy atom. The van der Waals surface area contributed by atoms with Crippen LogP contribution in [-0.2, 0) is 9.53 Å². The highest BCUT2D eigenvalue weighted by atomic mass is 16.5. The van der Waals surface area contributed by atoms with E-state index in [0.29, 0.717) is 18.1 Å². The summed E-state index contributed by atoms with van der Waals surface area (Å²) in [5.74, 6) is 0.0521. The first kappa shape index (κ1) is 14.6. The van der Waals surface area contributed by atoms with Crippen molar-refractivity contribution in [2.75, 3.05) is 6.61 Å². The van der Waals surface area contributed by atoms with E-state index in [9.17, 15) is 9.59 Å². The highest BCUT2D eigenvalue weighted by molar-refractivity contribution is 5.92. The van der Waals surface area contributed by atoms with Crippen molar-refractivity contribution in [1.82, 2.24) is 0 Å². The van der Waals surface area contributed by atoms with E-state index in [4.69, 9.17) is 10.5 Å². The third-order valence-electron chi connectivity index (χ3n) is 4.01. The predicted molar refractivity (Wildman–Crippen MR) is 76.3 cm³/mol. The van der Waals surface area contributed by atoms with Crippen LogP contribution >= 0.6 is 0 Å². The monoisotopic (exact) mass is 275 g/mol. The van der Waals surface area contributed by atoms with Crippen molar-refractivity contribution in [3.63, 3.8) is 0 Å². The maximum absolute atomic E-state index is 11.7. The van der Waals surface area contributed by atoms with E-state index in [2.05, 4.69) is 0 Å². The van der Waals surface area contributed by atoms with Crippen LogP contribution in [0, 0.1) is 5.92 Å². The Balaban J connectivity index is 1.93. The van der Waals surface area contributed by atoms with Crippen LogP contribution in [0.4, 0.5) is 0 Å². The molecule has 108 valence electrons. The van der Waals surface area contributed by atoms with Crippen LogP contribution in [0.3, 0.4) is 0 Å². The maximum Gasteiger partial charge on any atom is 0.308 e. The van der Waals surface area contributed by atoms with Crippen LogP contribution < -0.4 is 5.73 Å². The minimum Gasteiger partial charge on any atom is -0.466 e. The highest BCUT2D eigenvalue weighted by Crippen LogP contribution is 2.36. The summed E-state index contributed by atoms with van der Waals surface area (Å²) in [6, 6.07) is 7.48. The number of carbonyl (C=O) groups is 2. The summed E-state index contributed by atoms with van der Waals surface area (Å²) in [6.07, 6.45) is 3.72. The van der Waals surface area contributed by atoms with Gasteiger partial charge in [0.1, 0.15) is 0 Å². The van der Waals surface area contributed by atoms with E-state index in [-0.39, 0.29) is 11.9 Å². The van der Waals surface area contributed by atoms with Crippen molar-refractivity contribution in [1.29, 1.82) is 0 Å². The van der Waals surface area contributed by atoms with Gasteiger partial charge in [-0.25, -0.2) is 0 Å². The Kier molecular flexibility index (Phi) is 4.77. The molecule has 1 aliphatic rings. The molecular weight excluding hydrogens is 254 g/mol. The van der Waals surface area contributed by atoms with E-state index < -0.39 is 5.91 Å². The summed E-state index contributed by atoms with van der Waals surface area (Å²) < 4.78 is 5.07. The van der Waals surface area contributed by atoms with Crippen molar-refractivity contribution in [3.05, 3.63) is 35.4 Å². The number of amides is 1. The van der Waals surface area contributed by atoms with Gasteiger partial charge < -0.3 is 10.5 Å². The zero-order valence-corrected chi connectivity index (χ0v) is 11.8. The molecule has 4 nitrogen and oxygen atoms in total. The quantitative estimate of drug-likeness (QED) is 0.859. The van der Waals surface area contributed by atoms with Crippen LogP contribution in [0.2, 0.25) is 0 Å². The SMILES string of the molecule is CCOC(=O)C1CCC(c2ccc(C(N)=O)cc2)CC1. The van der Waals surface area contributed by atoms with Crippen LogP contribution in [-0.4, -0.2) is 18.5 Å². The molecule has 0 saturated heterocycles. The Hall–Kier alpha value is -1.84. The molecule has 20 heavy (non-hydrogen) atoms. The molecule has 2 rings (SSSR count). The summed E-state index contributed by atoms with van der Waals surface area (Å²) in [5.41, 5.74) is 6.99. The molecule has 1 aliphatic carbocycles. The number of hydrogen-bond acceptors (Lipinski definition) is 3. The number of primary amides is 1. The molecular formula is C16H21NO3. The second-order valence-corrected chi connectivity index (χ2v) is 5.29. The van der Waals surface area contributed by atoms with Crippen molar-refractivity contribution in [2.24, 2.45) is 11.7 Å². The summed E-state index contributed by atoms with van der Waals surface area (Å²) in [6.45, 7) is 2.29. The van der Waals surface area contributed by atoms with Gasteiger partial charge in [0, 0.05) is 5.56 Å². The molecule has 0 bridgehead atoms. The van der Waals surface area contributed by atoms with Gasteiger partial charge in [0.25, 0.3) is 0 Å². The van der Waals surface area contributed by atoms with E-state index in [1.165, 1.54) is 5.56 Å². The van der Waals surface area contributed by atoms with Crippen LogP contribution in [0.1, 0.15) is 54.4 Å². The zero-order valence-electron chi connectivity index (χ0n) is 11.8. The van der Waals surface area contributed by atoms with Gasteiger partial charge in [-0.2, -0.15) is 0 Å². The fraction of sp³-hybridized carbons (Fsp3) is 0.500. The zero-order chi connectivity index (χ0) is 14.5. The lowest BCUT2D eigenvalue weighted by Gasteiger charge is -2.27. The lowest BCUT2D eigenvalue weighted by Crippen LogP contribution is -2.23. The van der Waals surface area contributed by atoms with Gasteiger partial charge in [-0.3, -0.25) is 9.59 Å². The minimum atomic E-state index is -0.400. The molecule has 0 spiro atoms. The van der Waals surface area contributed by atoms with Crippen LogP contribution in [0.5, 0.6) is 0 Å². The third-order valence-corrected chi connectivity index (χ3v) is 4.01. The summed E-state index contributed by atoms with van der Waals surface area (Å²) >= 11 is 0. The Labute approximate surface area is 119 Å².